The third-order valence-corrected chi connectivity index (χ3v) is 9.12. The molecule has 1 fully saturated rings. The molecule has 41 heavy (non-hydrogen) atoms. The van der Waals surface area contributed by atoms with Gasteiger partial charge in [-0.15, -0.1) is 10.2 Å². The summed E-state index contributed by atoms with van der Waals surface area (Å²) in [6.07, 6.45) is 1.79. The number of hydrogen-bond donors (Lipinski definition) is 2. The molecule has 0 bridgehead atoms. The highest BCUT2D eigenvalue weighted by atomic mass is 32.1. The molecule has 0 unspecified atom stereocenters. The van der Waals surface area contributed by atoms with Gasteiger partial charge >= 0.3 is 5.97 Å². The minimum atomic E-state index is -1.05. The Balaban J connectivity index is 1.13. The van der Waals surface area contributed by atoms with Gasteiger partial charge in [0.15, 0.2) is 27.6 Å². The second kappa shape index (κ2) is 11.8. The summed E-state index contributed by atoms with van der Waals surface area (Å²) in [7, 11) is 1.82. The van der Waals surface area contributed by atoms with Gasteiger partial charge in [-0.05, 0) is 49.1 Å². The summed E-state index contributed by atoms with van der Waals surface area (Å²) in [5, 5.41) is 23.9. The van der Waals surface area contributed by atoms with Gasteiger partial charge in [0, 0.05) is 20.1 Å². The molecule has 1 saturated heterocycles. The first-order valence-corrected chi connectivity index (χ1v) is 14.9. The summed E-state index contributed by atoms with van der Waals surface area (Å²) in [4.78, 5) is 25.1. The molecule has 4 heterocycles. The van der Waals surface area contributed by atoms with Crippen LogP contribution in [0.15, 0.2) is 60.7 Å². The van der Waals surface area contributed by atoms with Crippen LogP contribution in [0.2, 0.25) is 0 Å². The van der Waals surface area contributed by atoms with Crippen molar-refractivity contribution in [2.24, 2.45) is 0 Å². The summed E-state index contributed by atoms with van der Waals surface area (Å²) in [6, 6.07) is 20.0. The minimum absolute atomic E-state index is 0.0549. The molecule has 2 N–H and O–H groups in total. The Morgan fingerprint density at radius 1 is 1.07 bits per heavy atom. The molecule has 0 amide bonds. The number of carboxylic acids is 1. The van der Waals surface area contributed by atoms with E-state index in [0.717, 1.165) is 39.3 Å². The van der Waals surface area contributed by atoms with Gasteiger partial charge in [-0.3, -0.25) is 0 Å². The lowest BCUT2D eigenvalue weighted by atomic mass is 10.1. The highest BCUT2D eigenvalue weighted by Crippen LogP contribution is 2.38. The average molecular weight is 588 g/mol. The summed E-state index contributed by atoms with van der Waals surface area (Å²) >= 11 is 2.90. The number of nitrogens with zero attached hydrogens (tertiary/aromatic N) is 6. The van der Waals surface area contributed by atoms with Crippen LogP contribution in [0, 0.1) is 6.92 Å². The number of hydrogen-bond acceptors (Lipinski definition) is 11. The van der Waals surface area contributed by atoms with E-state index in [9.17, 15) is 9.90 Å². The number of rotatable bonds is 9. The average Bonchev–Trinajstić information content (AvgIpc) is 3.62. The van der Waals surface area contributed by atoms with Crippen LogP contribution in [0.1, 0.15) is 34.5 Å². The molecule has 210 valence electrons. The predicted octanol–water partition coefficient (Wildman–Crippen LogP) is 6.25. The molecule has 1 aliphatic heterocycles. The number of para-hydroxylation sites is 1. The van der Waals surface area contributed by atoms with Crippen molar-refractivity contribution in [1.82, 2.24) is 20.2 Å². The molecule has 0 saturated carbocycles. The first-order valence-electron chi connectivity index (χ1n) is 13.3. The van der Waals surface area contributed by atoms with Gasteiger partial charge < -0.3 is 25.0 Å². The Labute approximate surface area is 245 Å². The number of piperidine rings is 1. The molecule has 6 rings (SSSR count). The molecule has 0 spiro atoms. The van der Waals surface area contributed by atoms with E-state index in [4.69, 9.17) is 4.74 Å². The summed E-state index contributed by atoms with van der Waals surface area (Å²) in [5.41, 5.74) is 3.02. The maximum Gasteiger partial charge on any atom is 0.357 e. The van der Waals surface area contributed by atoms with Crippen LogP contribution in [-0.2, 0) is 11.3 Å². The molecule has 10 nitrogen and oxygen atoms in total. The zero-order valence-electron chi connectivity index (χ0n) is 22.6. The van der Waals surface area contributed by atoms with E-state index < -0.39 is 5.97 Å². The van der Waals surface area contributed by atoms with Crippen molar-refractivity contribution in [1.29, 1.82) is 0 Å². The number of aromatic carboxylic acids is 1. The standard InChI is InChI=1S/C29H29N7O3S2/c1-18-16-23(33-34-25(18)32-28-30-21-10-6-7-11-22(21)40-28)35(2)29-31-24(27(37)38)26(41-29)36-14-12-20(13-15-36)39-17-19-8-4-3-5-9-19/h3-11,16,20H,12-15,17H2,1-2H3,(H,37,38)(H,30,32,34). The Bertz CT molecular complexity index is 1630. The predicted molar refractivity (Wildman–Crippen MR) is 163 cm³/mol. The lowest BCUT2D eigenvalue weighted by Gasteiger charge is -2.32. The molecule has 12 heteroatoms. The van der Waals surface area contributed by atoms with Crippen LogP contribution in [0.3, 0.4) is 0 Å². The molecule has 0 radical (unpaired) electrons. The lowest BCUT2D eigenvalue weighted by Crippen LogP contribution is -2.37. The zero-order valence-corrected chi connectivity index (χ0v) is 24.3. The highest BCUT2D eigenvalue weighted by molar-refractivity contribution is 7.22. The summed E-state index contributed by atoms with van der Waals surface area (Å²) in [5.74, 6) is 0.142. The van der Waals surface area contributed by atoms with Gasteiger partial charge in [-0.1, -0.05) is 65.1 Å². The third-order valence-electron chi connectivity index (χ3n) is 6.98. The second-order valence-electron chi connectivity index (χ2n) is 9.84. The molecule has 1 aliphatic rings. The Hall–Kier alpha value is -4.13. The van der Waals surface area contributed by atoms with Crippen molar-refractivity contribution in [2.75, 3.05) is 35.3 Å². The van der Waals surface area contributed by atoms with Crippen molar-refractivity contribution in [2.45, 2.75) is 32.5 Å². The number of ether oxygens (including phenoxy) is 1. The number of fused-ring (bicyclic) bond motifs is 1. The molecular formula is C29H29N7O3S2. The number of nitrogens with one attached hydrogen (secondary N) is 1. The molecule has 3 aromatic heterocycles. The fraction of sp³-hybridized carbons (Fsp3) is 0.276. The Kier molecular flexibility index (Phi) is 7.77. The van der Waals surface area contributed by atoms with E-state index in [1.807, 2.05) is 62.5 Å². The molecular weight excluding hydrogens is 558 g/mol. The van der Waals surface area contributed by atoms with E-state index in [1.54, 1.807) is 16.2 Å². The van der Waals surface area contributed by atoms with Crippen molar-refractivity contribution in [3.63, 3.8) is 0 Å². The van der Waals surface area contributed by atoms with E-state index >= 15 is 0 Å². The number of aromatic nitrogens is 4. The van der Waals surface area contributed by atoms with Crippen LogP contribution in [0.4, 0.5) is 26.9 Å². The van der Waals surface area contributed by atoms with Crippen LogP contribution in [0.25, 0.3) is 10.2 Å². The van der Waals surface area contributed by atoms with Crippen LogP contribution in [-0.4, -0.2) is 57.5 Å². The van der Waals surface area contributed by atoms with Crippen molar-refractivity contribution in [3.05, 3.63) is 77.5 Å². The van der Waals surface area contributed by atoms with Crippen molar-refractivity contribution < 1.29 is 14.6 Å². The van der Waals surface area contributed by atoms with E-state index in [0.29, 0.717) is 41.5 Å². The minimum Gasteiger partial charge on any atom is -0.476 e. The maximum absolute atomic E-state index is 12.1. The molecule has 5 aromatic rings. The smallest absolute Gasteiger partial charge is 0.357 e. The highest BCUT2D eigenvalue weighted by Gasteiger charge is 2.28. The largest absolute Gasteiger partial charge is 0.476 e. The molecule has 0 aliphatic carbocycles. The van der Waals surface area contributed by atoms with Gasteiger partial charge in [-0.25, -0.2) is 14.8 Å². The van der Waals surface area contributed by atoms with Crippen molar-refractivity contribution in [3.8, 4) is 0 Å². The van der Waals surface area contributed by atoms with Gasteiger partial charge in [0.25, 0.3) is 0 Å². The van der Waals surface area contributed by atoms with Crippen LogP contribution < -0.4 is 15.1 Å². The Morgan fingerprint density at radius 3 is 2.56 bits per heavy atom. The topological polar surface area (TPSA) is 117 Å². The molecule has 2 aromatic carbocycles. The van der Waals surface area contributed by atoms with Gasteiger partial charge in [0.2, 0.25) is 0 Å². The normalized spacial score (nSPS) is 14.0. The van der Waals surface area contributed by atoms with Crippen LogP contribution in [0.5, 0.6) is 0 Å². The van der Waals surface area contributed by atoms with E-state index in [-0.39, 0.29) is 11.8 Å². The van der Waals surface area contributed by atoms with Gasteiger partial charge in [-0.2, -0.15) is 0 Å². The quantitative estimate of drug-likeness (QED) is 0.205. The zero-order chi connectivity index (χ0) is 28.3. The number of aryl methyl sites for hydroxylation is 1. The van der Waals surface area contributed by atoms with Crippen LogP contribution >= 0.6 is 22.7 Å². The number of carbonyl (C=O) groups is 1. The van der Waals surface area contributed by atoms with E-state index in [2.05, 4.69) is 42.5 Å². The SMILES string of the molecule is Cc1cc(N(C)c2nc(C(=O)O)c(N3CCC(OCc4ccccc4)CC3)s2)nnc1Nc1nc2ccccc2s1. The first kappa shape index (κ1) is 27.1. The fourth-order valence-electron chi connectivity index (χ4n) is 4.70. The fourth-order valence-corrected chi connectivity index (χ4v) is 6.64. The van der Waals surface area contributed by atoms with Crippen molar-refractivity contribution >= 4 is 65.8 Å². The lowest BCUT2D eigenvalue weighted by molar-refractivity contribution is 0.0252. The first-order chi connectivity index (χ1) is 19.9. The monoisotopic (exact) mass is 587 g/mol. The van der Waals surface area contributed by atoms with Gasteiger partial charge in [0.05, 0.1) is 22.9 Å². The summed E-state index contributed by atoms with van der Waals surface area (Å²) < 4.78 is 7.21. The summed E-state index contributed by atoms with van der Waals surface area (Å²) in [6.45, 7) is 3.94. The Morgan fingerprint density at radius 2 is 1.83 bits per heavy atom. The third kappa shape index (κ3) is 5.99. The van der Waals surface area contributed by atoms with Gasteiger partial charge in [0.1, 0.15) is 5.00 Å². The molecule has 0 atom stereocenters. The maximum atomic E-state index is 12.1. The number of thiazole rings is 2. The second-order valence-corrected chi connectivity index (χ2v) is 11.8. The number of benzene rings is 2. The van der Waals surface area contributed by atoms with E-state index in [1.165, 1.54) is 11.3 Å². The number of carboxylic acid groups (broad SMARTS) is 1. The number of anilines is 5.